The molecule has 0 atom stereocenters. The van der Waals surface area contributed by atoms with Crippen molar-refractivity contribution >= 4 is 75.9 Å². The highest BCUT2D eigenvalue weighted by Crippen LogP contribution is 2.44. The third kappa shape index (κ3) is 6.60. The van der Waals surface area contributed by atoms with Gasteiger partial charge < -0.3 is 4.57 Å². The second-order valence-corrected chi connectivity index (χ2v) is 19.1. The molecule has 0 saturated carbocycles. The van der Waals surface area contributed by atoms with Gasteiger partial charge >= 0.3 is 0 Å². The Bertz CT molecular complexity index is 4670. The van der Waals surface area contributed by atoms with Gasteiger partial charge in [-0.15, -0.1) is 0 Å². The van der Waals surface area contributed by atoms with Crippen LogP contribution in [0.4, 0.5) is 0 Å². The Morgan fingerprint density at radius 2 is 0.635 bits per heavy atom. The number of aromatic nitrogens is 5. The average molecular weight is 942 g/mol. The minimum absolute atomic E-state index is 0.547. The van der Waals surface area contributed by atoms with E-state index in [0.29, 0.717) is 17.6 Å². The first-order valence-corrected chi connectivity index (χ1v) is 25.2. The van der Waals surface area contributed by atoms with Crippen molar-refractivity contribution in [1.82, 2.24) is 24.1 Å². The SMILES string of the molecule is c1ccc(-c2cccc(-c3ccc(-c4nc(-c5ccccc5)nc(-n5c6ccccc6c6ccc7c8ccccc8n(-c8ccccc8-c8ccc9c%10ccccc%10c%10ccccc%10c9c8)c7c65)n4)cc3)c2)cc1. The highest BCUT2D eigenvalue weighted by molar-refractivity contribution is 6.26. The molecular weight excluding hydrogens is 899 g/mol. The molecule has 0 bridgehead atoms. The Balaban J connectivity index is 0.967. The van der Waals surface area contributed by atoms with Gasteiger partial charge in [-0.05, 0) is 90.5 Å². The summed E-state index contributed by atoms with van der Waals surface area (Å²) in [6.45, 7) is 0. The maximum absolute atomic E-state index is 5.46. The summed E-state index contributed by atoms with van der Waals surface area (Å²) in [5, 5.41) is 12.1. The van der Waals surface area contributed by atoms with Gasteiger partial charge in [-0.3, -0.25) is 4.57 Å². The van der Waals surface area contributed by atoms with E-state index >= 15 is 0 Å². The fraction of sp³-hybridized carbons (Fsp3) is 0. The molecule has 0 fully saturated rings. The molecule has 15 aromatic rings. The summed E-state index contributed by atoms with van der Waals surface area (Å²) in [5.41, 5.74) is 14.1. The number of benzene rings is 12. The molecule has 344 valence electrons. The van der Waals surface area contributed by atoms with Crippen LogP contribution >= 0.6 is 0 Å². The monoisotopic (exact) mass is 941 g/mol. The fourth-order valence-electron chi connectivity index (χ4n) is 11.6. The quantitative estimate of drug-likeness (QED) is 0.150. The first kappa shape index (κ1) is 41.8. The van der Waals surface area contributed by atoms with Crippen molar-refractivity contribution in [3.63, 3.8) is 0 Å². The van der Waals surface area contributed by atoms with Crippen LogP contribution in [0.1, 0.15) is 0 Å². The molecule has 0 aliphatic heterocycles. The number of hydrogen-bond donors (Lipinski definition) is 0. The maximum atomic E-state index is 5.46. The molecule has 0 aliphatic rings. The van der Waals surface area contributed by atoms with Crippen LogP contribution in [0.25, 0.3) is 144 Å². The lowest BCUT2D eigenvalue weighted by molar-refractivity contribution is 0.953. The van der Waals surface area contributed by atoms with Gasteiger partial charge in [0.1, 0.15) is 0 Å². The van der Waals surface area contributed by atoms with Crippen molar-refractivity contribution in [3.05, 3.63) is 261 Å². The van der Waals surface area contributed by atoms with Crippen molar-refractivity contribution in [1.29, 1.82) is 0 Å². The van der Waals surface area contributed by atoms with Crippen molar-refractivity contribution < 1.29 is 0 Å². The van der Waals surface area contributed by atoms with Gasteiger partial charge in [0.2, 0.25) is 5.95 Å². The molecule has 15 rings (SSSR count). The van der Waals surface area contributed by atoms with Gasteiger partial charge in [-0.2, -0.15) is 9.97 Å². The second-order valence-electron chi connectivity index (χ2n) is 19.1. The zero-order valence-corrected chi connectivity index (χ0v) is 40.1. The predicted octanol–water partition coefficient (Wildman–Crippen LogP) is 17.9. The number of rotatable bonds is 7. The molecular formula is C69H43N5. The highest BCUT2D eigenvalue weighted by atomic mass is 15.2. The highest BCUT2D eigenvalue weighted by Gasteiger charge is 2.25. The zero-order chi connectivity index (χ0) is 48.7. The van der Waals surface area contributed by atoms with Crippen molar-refractivity contribution in [2.75, 3.05) is 0 Å². The van der Waals surface area contributed by atoms with E-state index in [2.05, 4.69) is 252 Å². The lowest BCUT2D eigenvalue weighted by Crippen LogP contribution is -2.07. The average Bonchev–Trinajstić information content (AvgIpc) is 4.06. The standard InChI is InChI=1S/C69H43N5/c1-3-18-44(19-4-1)48-22-17-23-49(42-48)45-34-36-47(37-35-45)68-70-67(46-20-5-2-6-21-46)71-69(72-68)74-64-33-16-13-30-58(64)60-41-40-59-57-29-12-15-32-63(57)73(65(59)66(60)74)62-31-14-11-24-51(62)50-38-39-56-54-27-8-7-25-52(54)53-26-9-10-28-55(53)61(56)43-50/h1-43H. The normalized spacial score (nSPS) is 11.8. The van der Waals surface area contributed by atoms with Crippen LogP contribution in [0.2, 0.25) is 0 Å². The molecule has 74 heavy (non-hydrogen) atoms. The van der Waals surface area contributed by atoms with E-state index in [9.17, 15) is 0 Å². The molecule has 3 heterocycles. The third-order valence-electron chi connectivity index (χ3n) is 15.0. The topological polar surface area (TPSA) is 48.5 Å². The Hall–Kier alpha value is -9.97. The minimum Gasteiger partial charge on any atom is -0.307 e. The number of hydrogen-bond acceptors (Lipinski definition) is 3. The lowest BCUT2D eigenvalue weighted by atomic mass is 9.92. The molecule has 0 spiro atoms. The zero-order valence-electron chi connectivity index (χ0n) is 40.1. The lowest BCUT2D eigenvalue weighted by Gasteiger charge is -2.17. The molecule has 0 saturated heterocycles. The molecule has 12 aromatic carbocycles. The van der Waals surface area contributed by atoms with Crippen LogP contribution in [0, 0.1) is 0 Å². The number of fused-ring (bicyclic) bond motifs is 13. The second kappa shape index (κ2) is 16.8. The van der Waals surface area contributed by atoms with Gasteiger partial charge in [-0.25, -0.2) is 4.98 Å². The summed E-state index contributed by atoms with van der Waals surface area (Å²) in [4.78, 5) is 16.1. The molecule has 5 nitrogen and oxygen atoms in total. The smallest absolute Gasteiger partial charge is 0.238 e. The summed E-state index contributed by atoms with van der Waals surface area (Å²) < 4.78 is 4.76. The first-order chi connectivity index (χ1) is 36.7. The Morgan fingerprint density at radius 3 is 1.26 bits per heavy atom. The van der Waals surface area contributed by atoms with Gasteiger partial charge in [0.05, 0.1) is 27.8 Å². The Morgan fingerprint density at radius 1 is 0.230 bits per heavy atom. The summed E-state index contributed by atoms with van der Waals surface area (Å²) in [5.74, 6) is 1.75. The van der Waals surface area contributed by atoms with E-state index in [-0.39, 0.29) is 0 Å². The van der Waals surface area contributed by atoms with Gasteiger partial charge in [-0.1, -0.05) is 231 Å². The van der Waals surface area contributed by atoms with E-state index in [1.165, 1.54) is 48.8 Å². The van der Waals surface area contributed by atoms with Crippen LogP contribution in [0.5, 0.6) is 0 Å². The van der Waals surface area contributed by atoms with Gasteiger partial charge in [0.15, 0.2) is 11.6 Å². The van der Waals surface area contributed by atoms with Crippen LogP contribution in [-0.4, -0.2) is 24.1 Å². The van der Waals surface area contributed by atoms with E-state index in [4.69, 9.17) is 15.0 Å². The molecule has 0 amide bonds. The Labute approximate surface area is 426 Å². The summed E-state index contributed by atoms with van der Waals surface area (Å²) in [6.07, 6.45) is 0. The van der Waals surface area contributed by atoms with Gasteiger partial charge in [0.25, 0.3) is 0 Å². The molecule has 0 aliphatic carbocycles. The molecule has 0 radical (unpaired) electrons. The first-order valence-electron chi connectivity index (χ1n) is 25.2. The van der Waals surface area contributed by atoms with Crippen LogP contribution in [-0.2, 0) is 0 Å². The summed E-state index contributed by atoms with van der Waals surface area (Å²) >= 11 is 0. The predicted molar refractivity (Wildman–Crippen MR) is 308 cm³/mol. The largest absolute Gasteiger partial charge is 0.307 e. The van der Waals surface area contributed by atoms with E-state index in [1.54, 1.807) is 0 Å². The molecule has 0 N–H and O–H groups in total. The minimum atomic E-state index is 0.547. The number of para-hydroxylation sites is 3. The maximum Gasteiger partial charge on any atom is 0.238 e. The van der Waals surface area contributed by atoms with E-state index < -0.39 is 0 Å². The fourth-order valence-corrected chi connectivity index (χ4v) is 11.6. The van der Waals surface area contributed by atoms with Crippen LogP contribution < -0.4 is 0 Å². The van der Waals surface area contributed by atoms with Crippen molar-refractivity contribution in [3.8, 4) is 67.8 Å². The van der Waals surface area contributed by atoms with Crippen molar-refractivity contribution in [2.45, 2.75) is 0 Å². The third-order valence-corrected chi connectivity index (χ3v) is 15.0. The Kier molecular flexibility index (Phi) is 9.50. The molecule has 3 aromatic heterocycles. The summed E-state index contributed by atoms with van der Waals surface area (Å²) in [7, 11) is 0. The van der Waals surface area contributed by atoms with Crippen LogP contribution in [0.15, 0.2) is 261 Å². The van der Waals surface area contributed by atoms with Crippen LogP contribution in [0.3, 0.4) is 0 Å². The molecule has 5 heteroatoms. The molecule has 0 unspecified atom stereocenters. The number of nitrogens with zero attached hydrogens (tertiary/aromatic N) is 5. The van der Waals surface area contributed by atoms with Gasteiger partial charge in [0, 0.05) is 38.2 Å². The van der Waals surface area contributed by atoms with Crippen molar-refractivity contribution in [2.24, 2.45) is 0 Å². The van der Waals surface area contributed by atoms with E-state index in [1.807, 2.05) is 18.2 Å². The summed E-state index contributed by atoms with van der Waals surface area (Å²) in [6, 6.07) is 93.6. The van der Waals surface area contributed by atoms with E-state index in [0.717, 1.165) is 77.3 Å².